The first-order chi connectivity index (χ1) is 11.0. The van der Waals surface area contributed by atoms with Gasteiger partial charge in [-0.15, -0.1) is 0 Å². The molecule has 1 N–H and O–H groups in total. The third-order valence-corrected chi connectivity index (χ3v) is 7.14. The number of unbranched alkanes of at least 4 members (excludes halogenated alkanes) is 8. The second-order valence-electron chi connectivity index (χ2n) is 6.45. The van der Waals surface area contributed by atoms with Crippen molar-refractivity contribution in [3.63, 3.8) is 0 Å². The van der Waals surface area contributed by atoms with Gasteiger partial charge in [-0.2, -0.15) is 0 Å². The zero-order chi connectivity index (χ0) is 17.5. The number of hydrogen-bond donors (Lipinski definition) is 1. The largest absolute Gasteiger partial charge is 0.478 e. The molecule has 0 saturated heterocycles. The van der Waals surface area contributed by atoms with Crippen molar-refractivity contribution in [2.75, 3.05) is 0 Å². The maximum atomic E-state index is 10.6. The molecule has 0 spiro atoms. The van der Waals surface area contributed by atoms with Crippen molar-refractivity contribution in [2.24, 2.45) is 0 Å². The quantitative estimate of drug-likeness (QED) is 0.152. The van der Waals surface area contributed by atoms with Crippen LogP contribution in [0.5, 0.6) is 0 Å². The highest BCUT2D eigenvalue weighted by Crippen LogP contribution is 2.25. The molecule has 0 heterocycles. The first-order valence-corrected chi connectivity index (χ1v) is 11.0. The number of aliphatic carboxylic acids is 1. The van der Waals surface area contributed by atoms with Crippen molar-refractivity contribution >= 4 is 37.8 Å². The van der Waals surface area contributed by atoms with Crippen LogP contribution in [0.3, 0.4) is 0 Å². The van der Waals surface area contributed by atoms with Crippen molar-refractivity contribution < 1.29 is 9.90 Å². The molecule has 0 fully saturated rings. The van der Waals surface area contributed by atoms with Crippen LogP contribution in [-0.4, -0.2) is 20.7 Å². The molecule has 0 radical (unpaired) electrons. The molecule has 0 saturated carbocycles. The number of halogens is 2. The van der Waals surface area contributed by atoms with Gasteiger partial charge in [0.05, 0.1) is 0 Å². The van der Waals surface area contributed by atoms with E-state index < -0.39 is 5.97 Å². The maximum Gasteiger partial charge on any atom is 0.330 e. The monoisotopic (exact) mass is 452 g/mol. The summed E-state index contributed by atoms with van der Waals surface area (Å²) in [6, 6.07) is 0. The van der Waals surface area contributed by atoms with Gasteiger partial charge in [-0.1, -0.05) is 103 Å². The van der Waals surface area contributed by atoms with Crippen LogP contribution in [0.15, 0.2) is 12.2 Å². The topological polar surface area (TPSA) is 37.3 Å². The van der Waals surface area contributed by atoms with E-state index in [1.54, 1.807) is 0 Å². The van der Waals surface area contributed by atoms with Crippen molar-refractivity contribution in [3.05, 3.63) is 12.2 Å². The molecule has 2 nitrogen and oxygen atoms in total. The number of alkyl halides is 2. The lowest BCUT2D eigenvalue weighted by Gasteiger charge is -2.16. The van der Waals surface area contributed by atoms with Crippen molar-refractivity contribution in [3.8, 4) is 0 Å². The third-order valence-electron chi connectivity index (χ3n) is 4.24. The van der Waals surface area contributed by atoms with Crippen molar-refractivity contribution in [2.45, 2.75) is 100 Å². The van der Waals surface area contributed by atoms with Gasteiger partial charge in [-0.3, -0.25) is 0 Å². The molecule has 0 aliphatic rings. The average molecular weight is 454 g/mol. The number of carbonyl (C=O) groups is 1. The van der Waals surface area contributed by atoms with Gasteiger partial charge in [0, 0.05) is 15.2 Å². The minimum atomic E-state index is -0.862. The van der Waals surface area contributed by atoms with Gasteiger partial charge in [-0.05, 0) is 25.7 Å². The zero-order valence-electron chi connectivity index (χ0n) is 14.7. The van der Waals surface area contributed by atoms with Crippen LogP contribution in [0.4, 0.5) is 0 Å². The molecule has 0 aromatic rings. The van der Waals surface area contributed by atoms with E-state index in [0.29, 0.717) is 21.6 Å². The van der Waals surface area contributed by atoms with Crippen LogP contribution in [0.2, 0.25) is 0 Å². The molecule has 0 aromatic heterocycles. The molecular weight excluding hydrogens is 420 g/mol. The van der Waals surface area contributed by atoms with Crippen LogP contribution in [0.25, 0.3) is 0 Å². The first kappa shape index (κ1) is 23.2. The van der Waals surface area contributed by atoms with Crippen LogP contribution in [-0.2, 0) is 4.79 Å². The van der Waals surface area contributed by atoms with E-state index in [2.05, 4.69) is 45.4 Å². The minimum absolute atomic E-state index is 0.331. The maximum absolute atomic E-state index is 10.6. The molecule has 23 heavy (non-hydrogen) atoms. The molecule has 0 bridgehead atoms. The predicted octanol–water partition coefficient (Wildman–Crippen LogP) is 7.25. The van der Waals surface area contributed by atoms with E-state index in [9.17, 15) is 4.79 Å². The summed E-state index contributed by atoms with van der Waals surface area (Å²) in [5.74, 6) is -0.862. The Morgan fingerprint density at radius 1 is 0.870 bits per heavy atom. The molecule has 4 heteroatoms. The highest BCUT2D eigenvalue weighted by molar-refractivity contribution is 9.12. The summed E-state index contributed by atoms with van der Waals surface area (Å²) in [6.07, 6.45) is 15.6. The SMILES string of the molecule is C=C(CCCCCC(Br)C(Br)CCCCCCCCC)C(=O)O. The smallest absolute Gasteiger partial charge is 0.330 e. The zero-order valence-corrected chi connectivity index (χ0v) is 17.8. The summed E-state index contributed by atoms with van der Waals surface area (Å²) in [4.78, 5) is 11.7. The van der Waals surface area contributed by atoms with Crippen LogP contribution < -0.4 is 0 Å². The number of carboxylic acid groups (broad SMARTS) is 1. The summed E-state index contributed by atoms with van der Waals surface area (Å²) in [5.41, 5.74) is 0.331. The summed E-state index contributed by atoms with van der Waals surface area (Å²) >= 11 is 7.60. The molecular formula is C19H34Br2O2. The van der Waals surface area contributed by atoms with E-state index in [0.717, 1.165) is 25.7 Å². The standard InChI is InChI=1S/C19H34Br2O2/c1-3-4-5-6-7-8-11-14-17(20)18(21)15-12-9-10-13-16(2)19(22)23/h17-18H,2-15H2,1H3,(H,22,23). The van der Waals surface area contributed by atoms with Gasteiger partial charge in [0.25, 0.3) is 0 Å². The van der Waals surface area contributed by atoms with Crippen LogP contribution >= 0.6 is 31.9 Å². The number of hydrogen-bond acceptors (Lipinski definition) is 1. The Balaban J connectivity index is 3.49. The van der Waals surface area contributed by atoms with E-state index in [4.69, 9.17) is 5.11 Å². The Labute approximate surface area is 159 Å². The molecule has 2 unspecified atom stereocenters. The minimum Gasteiger partial charge on any atom is -0.478 e. The molecule has 0 rings (SSSR count). The fourth-order valence-corrected chi connectivity index (χ4v) is 3.80. The van der Waals surface area contributed by atoms with E-state index in [1.165, 1.54) is 51.4 Å². The van der Waals surface area contributed by atoms with Crippen molar-refractivity contribution in [1.29, 1.82) is 0 Å². The van der Waals surface area contributed by atoms with E-state index in [-0.39, 0.29) is 0 Å². The molecule has 0 amide bonds. The fraction of sp³-hybridized carbons (Fsp3) is 0.842. The highest BCUT2D eigenvalue weighted by Gasteiger charge is 2.15. The van der Waals surface area contributed by atoms with Crippen molar-refractivity contribution in [1.82, 2.24) is 0 Å². The van der Waals surface area contributed by atoms with Gasteiger partial charge in [0.15, 0.2) is 0 Å². The Morgan fingerprint density at radius 3 is 1.78 bits per heavy atom. The second-order valence-corrected chi connectivity index (χ2v) is 8.80. The lowest BCUT2D eigenvalue weighted by atomic mass is 10.0. The summed E-state index contributed by atoms with van der Waals surface area (Å²) < 4.78 is 0. The summed E-state index contributed by atoms with van der Waals surface area (Å²) in [5, 5.41) is 8.75. The number of carboxylic acids is 1. The third kappa shape index (κ3) is 14.2. The fourth-order valence-electron chi connectivity index (χ4n) is 2.62. The average Bonchev–Trinajstić information content (AvgIpc) is 2.52. The van der Waals surface area contributed by atoms with Crippen LogP contribution in [0, 0.1) is 0 Å². The van der Waals surface area contributed by atoms with Crippen LogP contribution in [0.1, 0.15) is 90.4 Å². The lowest BCUT2D eigenvalue weighted by molar-refractivity contribution is -0.132. The first-order valence-electron chi connectivity index (χ1n) is 9.18. The van der Waals surface area contributed by atoms with E-state index in [1.807, 2.05) is 0 Å². The molecule has 0 aromatic carbocycles. The van der Waals surface area contributed by atoms with Gasteiger partial charge in [0.2, 0.25) is 0 Å². The lowest BCUT2D eigenvalue weighted by Crippen LogP contribution is -2.13. The number of rotatable bonds is 16. The Kier molecular flexibility index (Phi) is 15.8. The second kappa shape index (κ2) is 15.7. The molecule has 0 aliphatic heterocycles. The molecule has 2 atom stereocenters. The summed E-state index contributed by atoms with van der Waals surface area (Å²) in [6.45, 7) is 5.82. The van der Waals surface area contributed by atoms with Gasteiger partial charge < -0.3 is 5.11 Å². The highest BCUT2D eigenvalue weighted by atomic mass is 79.9. The molecule has 0 aliphatic carbocycles. The van der Waals surface area contributed by atoms with E-state index >= 15 is 0 Å². The predicted molar refractivity (Wildman–Crippen MR) is 108 cm³/mol. The summed E-state index contributed by atoms with van der Waals surface area (Å²) in [7, 11) is 0. The Morgan fingerprint density at radius 2 is 1.30 bits per heavy atom. The van der Waals surface area contributed by atoms with Gasteiger partial charge >= 0.3 is 5.97 Å². The Bertz CT molecular complexity index is 318. The Hall–Kier alpha value is 0.170. The van der Waals surface area contributed by atoms with Gasteiger partial charge in [-0.25, -0.2) is 4.79 Å². The molecule has 136 valence electrons. The normalized spacial score (nSPS) is 13.7. The van der Waals surface area contributed by atoms with Gasteiger partial charge in [0.1, 0.15) is 0 Å².